The van der Waals surface area contributed by atoms with E-state index in [-0.39, 0.29) is 18.1 Å². The van der Waals surface area contributed by atoms with E-state index in [1.807, 2.05) is 25.1 Å². The number of hydrazine groups is 1. The molecule has 0 saturated carbocycles. The third-order valence-electron chi connectivity index (χ3n) is 3.39. The van der Waals surface area contributed by atoms with Gasteiger partial charge in [-0.2, -0.15) is 0 Å². The van der Waals surface area contributed by atoms with Crippen LogP contribution in [-0.4, -0.2) is 18.4 Å². The molecule has 0 aliphatic carbocycles. The Morgan fingerprint density at radius 2 is 1.88 bits per heavy atom. The van der Waals surface area contributed by atoms with E-state index in [4.69, 9.17) is 13.6 Å². The minimum absolute atomic E-state index is 0.0921. The van der Waals surface area contributed by atoms with Crippen molar-refractivity contribution in [2.24, 2.45) is 0 Å². The van der Waals surface area contributed by atoms with Crippen LogP contribution in [0.3, 0.4) is 0 Å². The Balaban J connectivity index is 1.79. The van der Waals surface area contributed by atoms with Crippen LogP contribution in [-0.2, 0) is 11.3 Å². The van der Waals surface area contributed by atoms with Gasteiger partial charge in [-0.25, -0.2) is 0 Å². The maximum absolute atomic E-state index is 12.4. The SMILES string of the molecule is CCOCc1c(C(=O)NNC(=O)c2ccco2)oc2ccccc12. The molecular formula is C17H16N2O5. The van der Waals surface area contributed by atoms with Gasteiger partial charge in [0.1, 0.15) is 5.58 Å². The van der Waals surface area contributed by atoms with Crippen molar-refractivity contribution in [1.82, 2.24) is 10.9 Å². The molecule has 0 aliphatic rings. The first kappa shape index (κ1) is 15.8. The number of hydrogen-bond donors (Lipinski definition) is 2. The number of fused-ring (bicyclic) bond motifs is 1. The third-order valence-corrected chi connectivity index (χ3v) is 3.39. The van der Waals surface area contributed by atoms with Crippen LogP contribution < -0.4 is 10.9 Å². The minimum Gasteiger partial charge on any atom is -0.459 e. The van der Waals surface area contributed by atoms with Gasteiger partial charge in [-0.1, -0.05) is 18.2 Å². The molecule has 24 heavy (non-hydrogen) atoms. The lowest BCUT2D eigenvalue weighted by Crippen LogP contribution is -2.41. The fourth-order valence-corrected chi connectivity index (χ4v) is 2.27. The minimum atomic E-state index is -0.569. The van der Waals surface area contributed by atoms with Gasteiger partial charge in [0.05, 0.1) is 12.9 Å². The van der Waals surface area contributed by atoms with Gasteiger partial charge in [0.15, 0.2) is 11.5 Å². The summed E-state index contributed by atoms with van der Waals surface area (Å²) in [7, 11) is 0. The Morgan fingerprint density at radius 1 is 1.08 bits per heavy atom. The Morgan fingerprint density at radius 3 is 2.62 bits per heavy atom. The lowest BCUT2D eigenvalue weighted by Gasteiger charge is -2.06. The van der Waals surface area contributed by atoms with Gasteiger partial charge in [-0.3, -0.25) is 20.4 Å². The Hall–Kier alpha value is -3.06. The highest BCUT2D eigenvalue weighted by molar-refractivity contribution is 6.00. The van der Waals surface area contributed by atoms with Gasteiger partial charge in [0.25, 0.3) is 0 Å². The van der Waals surface area contributed by atoms with E-state index < -0.39 is 11.8 Å². The summed E-state index contributed by atoms with van der Waals surface area (Å²) in [6.45, 7) is 2.61. The van der Waals surface area contributed by atoms with Crippen molar-refractivity contribution < 1.29 is 23.2 Å². The van der Waals surface area contributed by atoms with Gasteiger partial charge in [0, 0.05) is 17.6 Å². The molecule has 0 unspecified atom stereocenters. The van der Waals surface area contributed by atoms with Crippen LogP contribution in [0.2, 0.25) is 0 Å². The highest BCUT2D eigenvalue weighted by atomic mass is 16.5. The van der Waals surface area contributed by atoms with Crippen LogP contribution in [0.1, 0.15) is 33.6 Å². The largest absolute Gasteiger partial charge is 0.459 e. The van der Waals surface area contributed by atoms with Crippen molar-refractivity contribution >= 4 is 22.8 Å². The topological polar surface area (TPSA) is 93.7 Å². The van der Waals surface area contributed by atoms with Crippen LogP contribution in [0.15, 0.2) is 51.5 Å². The number of para-hydroxylation sites is 1. The van der Waals surface area contributed by atoms with Crippen LogP contribution in [0.5, 0.6) is 0 Å². The van der Waals surface area contributed by atoms with E-state index in [1.165, 1.54) is 12.3 Å². The number of rotatable bonds is 5. The molecule has 2 heterocycles. The molecule has 7 heteroatoms. The number of amides is 2. The lowest BCUT2D eigenvalue weighted by molar-refractivity contribution is 0.0812. The zero-order chi connectivity index (χ0) is 16.9. The molecule has 124 valence electrons. The molecule has 0 aliphatic heterocycles. The van der Waals surface area contributed by atoms with Crippen molar-refractivity contribution in [1.29, 1.82) is 0 Å². The zero-order valence-corrected chi connectivity index (χ0v) is 13.0. The molecule has 2 amide bonds. The average molecular weight is 328 g/mol. The first-order chi connectivity index (χ1) is 11.7. The maximum atomic E-state index is 12.4. The lowest BCUT2D eigenvalue weighted by atomic mass is 10.1. The van der Waals surface area contributed by atoms with E-state index in [9.17, 15) is 9.59 Å². The summed E-state index contributed by atoms with van der Waals surface area (Å²) in [4.78, 5) is 24.2. The summed E-state index contributed by atoms with van der Waals surface area (Å²) in [5.41, 5.74) is 5.81. The molecule has 2 N–H and O–H groups in total. The van der Waals surface area contributed by atoms with Crippen LogP contribution in [0, 0.1) is 0 Å². The molecule has 2 aromatic heterocycles. The van der Waals surface area contributed by atoms with Crippen molar-refractivity contribution in [2.75, 3.05) is 6.61 Å². The van der Waals surface area contributed by atoms with Crippen molar-refractivity contribution in [2.45, 2.75) is 13.5 Å². The van der Waals surface area contributed by atoms with Crippen LogP contribution >= 0.6 is 0 Å². The van der Waals surface area contributed by atoms with E-state index in [1.54, 1.807) is 12.1 Å². The Bertz CT molecular complexity index is 851. The number of hydrogen-bond acceptors (Lipinski definition) is 5. The molecule has 3 rings (SSSR count). The molecule has 0 atom stereocenters. The highest BCUT2D eigenvalue weighted by Crippen LogP contribution is 2.26. The van der Waals surface area contributed by atoms with E-state index in [0.717, 1.165) is 5.39 Å². The van der Waals surface area contributed by atoms with Gasteiger partial charge in [-0.15, -0.1) is 0 Å². The Labute approximate surface area is 137 Å². The predicted octanol–water partition coefficient (Wildman–Crippen LogP) is 2.64. The zero-order valence-electron chi connectivity index (χ0n) is 13.0. The molecule has 3 aromatic rings. The number of nitrogens with one attached hydrogen (secondary N) is 2. The summed E-state index contributed by atoms with van der Waals surface area (Å²) < 4.78 is 16.0. The van der Waals surface area contributed by atoms with Gasteiger partial charge in [-0.05, 0) is 25.1 Å². The second kappa shape index (κ2) is 7.01. The first-order valence-electron chi connectivity index (χ1n) is 7.43. The number of benzene rings is 1. The summed E-state index contributed by atoms with van der Waals surface area (Å²) >= 11 is 0. The van der Waals surface area contributed by atoms with E-state index in [2.05, 4.69) is 10.9 Å². The summed E-state index contributed by atoms with van der Waals surface area (Å²) in [6.07, 6.45) is 1.37. The van der Waals surface area contributed by atoms with E-state index in [0.29, 0.717) is 17.8 Å². The molecule has 0 bridgehead atoms. The summed E-state index contributed by atoms with van der Waals surface area (Å²) in [5.74, 6) is -0.935. The van der Waals surface area contributed by atoms with Gasteiger partial charge in [0.2, 0.25) is 0 Å². The maximum Gasteiger partial charge on any atom is 0.305 e. The fourth-order valence-electron chi connectivity index (χ4n) is 2.27. The third kappa shape index (κ3) is 3.16. The fraction of sp³-hybridized carbons (Fsp3) is 0.176. The first-order valence-corrected chi connectivity index (χ1v) is 7.43. The predicted molar refractivity (Wildman–Crippen MR) is 85.2 cm³/mol. The molecule has 1 aromatic carbocycles. The Kier molecular flexibility index (Phi) is 4.62. The number of ether oxygens (including phenoxy) is 1. The molecular weight excluding hydrogens is 312 g/mol. The quantitative estimate of drug-likeness (QED) is 0.702. The number of furan rings is 2. The molecule has 0 spiro atoms. The van der Waals surface area contributed by atoms with Gasteiger partial charge >= 0.3 is 11.8 Å². The standard InChI is InChI=1S/C17H16N2O5/c1-2-22-10-12-11-6-3-4-7-13(11)24-15(12)17(21)19-18-16(20)14-8-5-9-23-14/h3-9H,2,10H2,1H3,(H,18,20)(H,19,21). The molecule has 0 fully saturated rings. The normalized spacial score (nSPS) is 10.7. The van der Waals surface area contributed by atoms with Crippen molar-refractivity contribution in [3.63, 3.8) is 0 Å². The van der Waals surface area contributed by atoms with Crippen molar-refractivity contribution in [3.05, 3.63) is 59.7 Å². The monoisotopic (exact) mass is 328 g/mol. The second-order valence-corrected chi connectivity index (χ2v) is 4.93. The molecule has 0 saturated heterocycles. The van der Waals surface area contributed by atoms with Gasteiger partial charge < -0.3 is 13.6 Å². The van der Waals surface area contributed by atoms with Crippen LogP contribution in [0.25, 0.3) is 11.0 Å². The number of carbonyl (C=O) groups excluding carboxylic acids is 2. The second-order valence-electron chi connectivity index (χ2n) is 4.93. The molecule has 7 nitrogen and oxygen atoms in total. The summed E-state index contributed by atoms with van der Waals surface area (Å²) in [6, 6.07) is 10.4. The van der Waals surface area contributed by atoms with Crippen molar-refractivity contribution in [3.8, 4) is 0 Å². The average Bonchev–Trinajstić information content (AvgIpc) is 3.25. The summed E-state index contributed by atoms with van der Waals surface area (Å²) in [5, 5.41) is 0.800. The highest BCUT2D eigenvalue weighted by Gasteiger charge is 2.21. The smallest absolute Gasteiger partial charge is 0.305 e. The molecule has 0 radical (unpaired) electrons. The van der Waals surface area contributed by atoms with Crippen LogP contribution in [0.4, 0.5) is 0 Å². The van der Waals surface area contributed by atoms with E-state index >= 15 is 0 Å². The number of carbonyl (C=O) groups is 2.